The lowest BCUT2D eigenvalue weighted by molar-refractivity contribution is -0.116. The minimum absolute atomic E-state index is 0.0809. The maximum atomic E-state index is 12.3. The van der Waals surface area contributed by atoms with Gasteiger partial charge in [0, 0.05) is 30.2 Å². The molecule has 24 heavy (non-hydrogen) atoms. The highest BCUT2D eigenvalue weighted by atomic mass is 32.1. The van der Waals surface area contributed by atoms with Gasteiger partial charge in [0.1, 0.15) is 5.65 Å². The van der Waals surface area contributed by atoms with Crippen LogP contribution in [0, 0.1) is 0 Å². The third-order valence-electron chi connectivity index (χ3n) is 3.33. The van der Waals surface area contributed by atoms with E-state index in [4.69, 9.17) is 0 Å². The zero-order valence-electron chi connectivity index (χ0n) is 12.6. The molecular weight excluding hydrogens is 328 g/mol. The predicted molar refractivity (Wildman–Crippen MR) is 93.0 cm³/mol. The Morgan fingerprint density at radius 2 is 2.21 bits per heavy atom. The SMILES string of the molecule is O=C(/C=C/c1cccs1)NCCn1c(=O)[nH]c2ncccc2c1=O. The summed E-state index contributed by atoms with van der Waals surface area (Å²) in [5.41, 5.74) is -0.716. The third-order valence-corrected chi connectivity index (χ3v) is 4.17. The molecule has 0 saturated carbocycles. The topological polar surface area (TPSA) is 96.8 Å². The summed E-state index contributed by atoms with van der Waals surface area (Å²) in [5.74, 6) is -0.282. The number of pyridine rings is 1. The smallest absolute Gasteiger partial charge is 0.330 e. The average Bonchev–Trinajstić information content (AvgIpc) is 3.09. The predicted octanol–water partition coefficient (Wildman–Crippen LogP) is 0.976. The Morgan fingerprint density at radius 3 is 3.00 bits per heavy atom. The Bertz CT molecular complexity index is 1000. The van der Waals surface area contributed by atoms with E-state index in [1.807, 2.05) is 17.5 Å². The van der Waals surface area contributed by atoms with Crippen molar-refractivity contribution in [2.24, 2.45) is 0 Å². The standard InChI is InChI=1S/C16H14N4O3S/c21-13(6-5-11-3-2-10-24-11)17-8-9-20-15(22)12-4-1-7-18-14(12)19-16(20)23/h1-7,10H,8-9H2,(H,17,21)(H,18,19,23)/b6-5+. The molecule has 0 atom stereocenters. The summed E-state index contributed by atoms with van der Waals surface area (Å²) in [7, 11) is 0. The summed E-state index contributed by atoms with van der Waals surface area (Å²) < 4.78 is 1.05. The number of aromatic nitrogens is 3. The molecule has 0 spiro atoms. The number of nitrogens with zero attached hydrogens (tertiary/aromatic N) is 2. The first-order valence-electron chi connectivity index (χ1n) is 7.22. The maximum absolute atomic E-state index is 12.3. The molecule has 0 fully saturated rings. The minimum atomic E-state index is -0.547. The molecule has 0 saturated heterocycles. The van der Waals surface area contributed by atoms with Crippen molar-refractivity contribution in [3.05, 3.63) is 67.6 Å². The second-order valence-electron chi connectivity index (χ2n) is 4.93. The van der Waals surface area contributed by atoms with Crippen LogP contribution in [-0.2, 0) is 11.3 Å². The van der Waals surface area contributed by atoms with Crippen molar-refractivity contribution in [2.75, 3.05) is 6.54 Å². The summed E-state index contributed by atoms with van der Waals surface area (Å²) in [6, 6.07) is 7.02. The van der Waals surface area contributed by atoms with E-state index in [9.17, 15) is 14.4 Å². The van der Waals surface area contributed by atoms with Gasteiger partial charge in [-0.3, -0.25) is 19.1 Å². The van der Waals surface area contributed by atoms with Gasteiger partial charge in [0.25, 0.3) is 5.56 Å². The molecule has 8 heteroatoms. The van der Waals surface area contributed by atoms with E-state index in [0.29, 0.717) is 5.39 Å². The van der Waals surface area contributed by atoms with Crippen molar-refractivity contribution in [1.82, 2.24) is 19.9 Å². The highest BCUT2D eigenvalue weighted by molar-refractivity contribution is 7.10. The van der Waals surface area contributed by atoms with Crippen molar-refractivity contribution in [3.63, 3.8) is 0 Å². The molecule has 0 aromatic carbocycles. The fraction of sp³-hybridized carbons (Fsp3) is 0.125. The van der Waals surface area contributed by atoms with E-state index in [1.165, 1.54) is 23.6 Å². The number of carbonyl (C=O) groups excluding carboxylic acids is 1. The quantitative estimate of drug-likeness (QED) is 0.675. The van der Waals surface area contributed by atoms with Gasteiger partial charge in [-0.05, 0) is 29.7 Å². The molecule has 0 aliphatic rings. The summed E-state index contributed by atoms with van der Waals surface area (Å²) in [6.07, 6.45) is 4.63. The monoisotopic (exact) mass is 342 g/mol. The Morgan fingerprint density at radius 1 is 1.33 bits per heavy atom. The van der Waals surface area contributed by atoms with E-state index in [2.05, 4.69) is 15.3 Å². The summed E-state index contributed by atoms with van der Waals surface area (Å²) in [5, 5.41) is 4.90. The van der Waals surface area contributed by atoms with Crippen LogP contribution in [-0.4, -0.2) is 27.0 Å². The normalized spacial score (nSPS) is 11.2. The zero-order valence-corrected chi connectivity index (χ0v) is 13.4. The van der Waals surface area contributed by atoms with Crippen LogP contribution in [0.1, 0.15) is 4.88 Å². The lowest BCUT2D eigenvalue weighted by Gasteiger charge is -2.06. The molecule has 0 aliphatic heterocycles. The van der Waals surface area contributed by atoms with Crippen molar-refractivity contribution in [2.45, 2.75) is 6.54 Å². The molecule has 122 valence electrons. The Hall–Kier alpha value is -3.00. The fourth-order valence-corrected chi connectivity index (χ4v) is 2.80. The first-order valence-corrected chi connectivity index (χ1v) is 8.10. The second kappa shape index (κ2) is 7.05. The molecule has 7 nitrogen and oxygen atoms in total. The molecule has 2 N–H and O–H groups in total. The molecule has 3 aromatic heterocycles. The highest BCUT2D eigenvalue weighted by Crippen LogP contribution is 2.09. The number of hydrogen-bond acceptors (Lipinski definition) is 5. The largest absolute Gasteiger partial charge is 0.351 e. The number of aromatic amines is 1. The van der Waals surface area contributed by atoms with Crippen molar-refractivity contribution in [3.8, 4) is 0 Å². The molecule has 0 bridgehead atoms. The molecule has 3 aromatic rings. The van der Waals surface area contributed by atoms with Crippen molar-refractivity contribution >= 4 is 34.4 Å². The van der Waals surface area contributed by atoms with Gasteiger partial charge >= 0.3 is 5.69 Å². The number of amides is 1. The Kier molecular flexibility index (Phi) is 4.66. The van der Waals surface area contributed by atoms with Gasteiger partial charge in [-0.25, -0.2) is 9.78 Å². The molecule has 1 amide bonds. The van der Waals surface area contributed by atoms with Gasteiger partial charge in [0.15, 0.2) is 0 Å². The lowest BCUT2D eigenvalue weighted by atomic mass is 10.3. The van der Waals surface area contributed by atoms with E-state index in [1.54, 1.807) is 18.2 Å². The maximum Gasteiger partial charge on any atom is 0.330 e. The van der Waals surface area contributed by atoms with Crippen LogP contribution >= 0.6 is 11.3 Å². The zero-order chi connectivity index (χ0) is 16.9. The number of fused-ring (bicyclic) bond motifs is 1. The van der Waals surface area contributed by atoms with Gasteiger partial charge in [0.2, 0.25) is 5.91 Å². The third kappa shape index (κ3) is 3.49. The lowest BCUT2D eigenvalue weighted by Crippen LogP contribution is -2.39. The van der Waals surface area contributed by atoms with Gasteiger partial charge in [-0.1, -0.05) is 6.07 Å². The highest BCUT2D eigenvalue weighted by Gasteiger charge is 2.07. The van der Waals surface area contributed by atoms with Gasteiger partial charge in [-0.2, -0.15) is 0 Å². The molecule has 3 rings (SSSR count). The van der Waals surface area contributed by atoms with Crippen LogP contribution in [0.5, 0.6) is 0 Å². The van der Waals surface area contributed by atoms with Gasteiger partial charge < -0.3 is 5.32 Å². The Balaban J connectivity index is 1.67. The van der Waals surface area contributed by atoms with Crippen LogP contribution < -0.4 is 16.6 Å². The van der Waals surface area contributed by atoms with Crippen LogP contribution in [0.15, 0.2) is 51.5 Å². The first-order chi connectivity index (χ1) is 11.6. The number of rotatable bonds is 5. The molecule has 3 heterocycles. The van der Waals surface area contributed by atoms with Gasteiger partial charge in [-0.15, -0.1) is 11.3 Å². The summed E-state index contributed by atoms with van der Waals surface area (Å²) in [6.45, 7) is 0.250. The molecular formula is C16H14N4O3S. The van der Waals surface area contributed by atoms with Crippen LogP contribution in [0.25, 0.3) is 17.1 Å². The number of thiophene rings is 1. The second-order valence-corrected chi connectivity index (χ2v) is 5.91. The van der Waals surface area contributed by atoms with E-state index < -0.39 is 11.2 Å². The molecule has 0 radical (unpaired) electrons. The molecule has 0 unspecified atom stereocenters. The van der Waals surface area contributed by atoms with Crippen molar-refractivity contribution in [1.29, 1.82) is 0 Å². The minimum Gasteiger partial charge on any atom is -0.351 e. The number of hydrogen-bond donors (Lipinski definition) is 2. The van der Waals surface area contributed by atoms with Gasteiger partial charge in [0.05, 0.1) is 5.39 Å². The summed E-state index contributed by atoms with van der Waals surface area (Å²) in [4.78, 5) is 43.4. The number of H-pyrrole nitrogens is 1. The molecule has 0 aliphatic carbocycles. The Labute approximate surface area is 140 Å². The van der Waals surface area contributed by atoms with E-state index in [0.717, 1.165) is 9.44 Å². The average molecular weight is 342 g/mol. The van der Waals surface area contributed by atoms with Crippen molar-refractivity contribution < 1.29 is 4.79 Å². The van der Waals surface area contributed by atoms with E-state index >= 15 is 0 Å². The summed E-state index contributed by atoms with van der Waals surface area (Å²) >= 11 is 1.53. The fourth-order valence-electron chi connectivity index (χ4n) is 2.18. The van der Waals surface area contributed by atoms with E-state index in [-0.39, 0.29) is 24.6 Å². The number of carbonyl (C=O) groups is 1. The first kappa shape index (κ1) is 15.9. The van der Waals surface area contributed by atoms with Crippen LogP contribution in [0.3, 0.4) is 0 Å². The van der Waals surface area contributed by atoms with Crippen LogP contribution in [0.2, 0.25) is 0 Å². The number of nitrogens with one attached hydrogen (secondary N) is 2. The van der Waals surface area contributed by atoms with Crippen LogP contribution in [0.4, 0.5) is 0 Å².